The number of amides is 1. The smallest absolute Gasteiger partial charge is 0.408 e. The van der Waals surface area contributed by atoms with Crippen molar-refractivity contribution in [1.82, 2.24) is 10.6 Å². The summed E-state index contributed by atoms with van der Waals surface area (Å²) in [5.41, 5.74) is -0.588. The van der Waals surface area contributed by atoms with Crippen LogP contribution in [0.3, 0.4) is 0 Å². The molecule has 124 valence electrons. The van der Waals surface area contributed by atoms with Crippen molar-refractivity contribution in [2.75, 3.05) is 6.54 Å². The molecule has 0 spiro atoms. The molecule has 1 rings (SSSR count). The van der Waals surface area contributed by atoms with Gasteiger partial charge in [0.15, 0.2) is 0 Å². The number of alkyl carbamates (subject to hydrolysis) is 1. The normalized spacial score (nSPS) is 12.1. The highest BCUT2D eigenvalue weighted by molar-refractivity contribution is 6.30. The highest BCUT2D eigenvalue weighted by atomic mass is 35.5. The van der Waals surface area contributed by atoms with Gasteiger partial charge in [0.25, 0.3) is 0 Å². The van der Waals surface area contributed by atoms with Gasteiger partial charge < -0.3 is 15.4 Å². The van der Waals surface area contributed by atoms with Gasteiger partial charge in [0.05, 0.1) is 5.54 Å². The molecule has 0 fully saturated rings. The minimum atomic E-state index is -0.544. The number of ether oxygens (including phenoxy) is 1. The van der Waals surface area contributed by atoms with Crippen LogP contribution in [-0.2, 0) is 11.3 Å². The first-order valence-corrected chi connectivity index (χ1v) is 7.52. The number of rotatable bonds is 5. The second-order valence-electron chi connectivity index (χ2n) is 6.85. The second kappa shape index (κ2) is 7.29. The van der Waals surface area contributed by atoms with Crippen molar-refractivity contribution in [3.63, 3.8) is 0 Å². The van der Waals surface area contributed by atoms with Gasteiger partial charge in [0.1, 0.15) is 11.4 Å². The number of carbonyl (C=O) groups excluding carboxylic acids is 1. The zero-order valence-electron chi connectivity index (χ0n) is 13.7. The van der Waals surface area contributed by atoms with Crippen LogP contribution in [-0.4, -0.2) is 23.8 Å². The fourth-order valence-corrected chi connectivity index (χ4v) is 2.01. The van der Waals surface area contributed by atoms with Crippen molar-refractivity contribution in [3.8, 4) is 0 Å². The molecule has 0 aliphatic heterocycles. The summed E-state index contributed by atoms with van der Waals surface area (Å²) < 4.78 is 18.8. The van der Waals surface area contributed by atoms with Gasteiger partial charge in [-0.25, -0.2) is 9.18 Å². The van der Waals surface area contributed by atoms with Crippen LogP contribution in [0.1, 0.15) is 40.2 Å². The molecule has 0 saturated carbocycles. The molecule has 22 heavy (non-hydrogen) atoms. The summed E-state index contributed by atoms with van der Waals surface area (Å²) in [6.45, 7) is 9.92. The number of halogens is 2. The Hall–Kier alpha value is -1.33. The maximum absolute atomic E-state index is 13.6. The topological polar surface area (TPSA) is 50.4 Å². The molecular weight excluding hydrogens is 307 g/mol. The van der Waals surface area contributed by atoms with Crippen molar-refractivity contribution >= 4 is 17.7 Å². The SMILES string of the molecule is CC(C)(CNCc1cc(Cl)ccc1F)NC(=O)OC(C)(C)C. The Morgan fingerprint density at radius 1 is 1.27 bits per heavy atom. The van der Waals surface area contributed by atoms with Crippen LogP contribution < -0.4 is 10.6 Å². The lowest BCUT2D eigenvalue weighted by molar-refractivity contribution is 0.0472. The highest BCUT2D eigenvalue weighted by Crippen LogP contribution is 2.15. The summed E-state index contributed by atoms with van der Waals surface area (Å²) in [6, 6.07) is 4.43. The highest BCUT2D eigenvalue weighted by Gasteiger charge is 2.24. The van der Waals surface area contributed by atoms with Crippen LogP contribution in [0.25, 0.3) is 0 Å². The molecule has 0 radical (unpaired) electrons. The van der Waals surface area contributed by atoms with E-state index in [1.807, 2.05) is 13.8 Å². The molecule has 0 saturated heterocycles. The molecule has 0 aliphatic rings. The average Bonchev–Trinajstić information content (AvgIpc) is 2.30. The van der Waals surface area contributed by atoms with Gasteiger partial charge in [-0.2, -0.15) is 0 Å². The lowest BCUT2D eigenvalue weighted by atomic mass is 10.1. The van der Waals surface area contributed by atoms with E-state index >= 15 is 0 Å². The van der Waals surface area contributed by atoms with Crippen LogP contribution in [0.2, 0.25) is 5.02 Å². The Labute approximate surface area is 136 Å². The summed E-state index contributed by atoms with van der Waals surface area (Å²) >= 11 is 5.85. The molecule has 0 bridgehead atoms. The van der Waals surface area contributed by atoms with E-state index in [0.717, 1.165) is 0 Å². The van der Waals surface area contributed by atoms with E-state index in [1.54, 1.807) is 26.8 Å². The quantitative estimate of drug-likeness (QED) is 0.861. The molecular formula is C16H24ClFN2O2. The van der Waals surface area contributed by atoms with E-state index in [1.165, 1.54) is 12.1 Å². The summed E-state index contributed by atoms with van der Waals surface area (Å²) in [5, 5.41) is 6.38. The van der Waals surface area contributed by atoms with Crippen molar-refractivity contribution < 1.29 is 13.9 Å². The zero-order valence-corrected chi connectivity index (χ0v) is 14.5. The fraction of sp³-hybridized carbons (Fsp3) is 0.562. The van der Waals surface area contributed by atoms with E-state index in [2.05, 4.69) is 10.6 Å². The predicted molar refractivity (Wildman–Crippen MR) is 86.6 cm³/mol. The molecule has 1 aromatic rings. The largest absolute Gasteiger partial charge is 0.444 e. The lowest BCUT2D eigenvalue weighted by Crippen LogP contribution is -2.51. The van der Waals surface area contributed by atoms with Crippen molar-refractivity contribution in [3.05, 3.63) is 34.6 Å². The molecule has 0 aromatic heterocycles. The molecule has 0 unspecified atom stereocenters. The molecule has 0 aliphatic carbocycles. The summed E-state index contributed by atoms with van der Waals surface area (Å²) in [6.07, 6.45) is -0.478. The molecule has 4 nitrogen and oxygen atoms in total. The van der Waals surface area contributed by atoms with Crippen LogP contribution in [0.5, 0.6) is 0 Å². The van der Waals surface area contributed by atoms with E-state index in [9.17, 15) is 9.18 Å². The van der Waals surface area contributed by atoms with Crippen LogP contribution in [0.4, 0.5) is 9.18 Å². The van der Waals surface area contributed by atoms with Crippen molar-refractivity contribution in [2.45, 2.75) is 52.3 Å². The van der Waals surface area contributed by atoms with E-state index in [4.69, 9.17) is 16.3 Å². The average molecular weight is 331 g/mol. The predicted octanol–water partition coefficient (Wildman–Crippen LogP) is 3.87. The Balaban J connectivity index is 2.48. The number of nitrogens with one attached hydrogen (secondary N) is 2. The molecule has 2 N–H and O–H groups in total. The third-order valence-electron chi connectivity index (χ3n) is 2.73. The third kappa shape index (κ3) is 7.09. The lowest BCUT2D eigenvalue weighted by Gasteiger charge is -2.29. The van der Waals surface area contributed by atoms with Crippen molar-refractivity contribution in [1.29, 1.82) is 0 Å². The number of benzene rings is 1. The van der Waals surface area contributed by atoms with E-state index in [0.29, 0.717) is 23.7 Å². The van der Waals surface area contributed by atoms with Crippen LogP contribution >= 0.6 is 11.6 Å². The first-order chi connectivity index (χ1) is 9.98. The maximum Gasteiger partial charge on any atom is 0.408 e. The summed E-state index contributed by atoms with van der Waals surface area (Å²) in [5.74, 6) is -0.310. The van der Waals surface area contributed by atoms with Gasteiger partial charge in [-0.1, -0.05) is 11.6 Å². The minimum Gasteiger partial charge on any atom is -0.444 e. The zero-order chi connectivity index (χ0) is 17.0. The van der Waals surface area contributed by atoms with Gasteiger partial charge in [0, 0.05) is 23.7 Å². The summed E-state index contributed by atoms with van der Waals surface area (Å²) in [4.78, 5) is 11.8. The molecule has 0 atom stereocenters. The standard InChI is InChI=1S/C16H24ClFN2O2/c1-15(2,3)22-14(21)20-16(4,5)10-19-9-11-8-12(17)6-7-13(11)18/h6-8,19H,9-10H2,1-5H3,(H,20,21). The second-order valence-corrected chi connectivity index (χ2v) is 7.29. The monoisotopic (exact) mass is 330 g/mol. The fourth-order valence-electron chi connectivity index (χ4n) is 1.81. The van der Waals surface area contributed by atoms with Gasteiger partial charge in [-0.15, -0.1) is 0 Å². The van der Waals surface area contributed by atoms with Gasteiger partial charge in [-0.05, 0) is 52.8 Å². The Morgan fingerprint density at radius 3 is 2.50 bits per heavy atom. The number of hydrogen-bond donors (Lipinski definition) is 2. The van der Waals surface area contributed by atoms with Crippen LogP contribution in [0.15, 0.2) is 18.2 Å². The third-order valence-corrected chi connectivity index (χ3v) is 2.96. The van der Waals surface area contributed by atoms with Gasteiger partial charge in [0.2, 0.25) is 0 Å². The van der Waals surface area contributed by atoms with E-state index < -0.39 is 17.2 Å². The van der Waals surface area contributed by atoms with Gasteiger partial charge >= 0.3 is 6.09 Å². The molecule has 1 amide bonds. The molecule has 1 aromatic carbocycles. The number of hydrogen-bond acceptors (Lipinski definition) is 3. The Morgan fingerprint density at radius 2 is 1.91 bits per heavy atom. The summed E-state index contributed by atoms with van der Waals surface area (Å²) in [7, 11) is 0. The maximum atomic E-state index is 13.6. The molecule has 6 heteroatoms. The van der Waals surface area contributed by atoms with Crippen LogP contribution in [0, 0.1) is 5.82 Å². The first kappa shape index (κ1) is 18.7. The van der Waals surface area contributed by atoms with Crippen molar-refractivity contribution in [2.24, 2.45) is 0 Å². The number of carbonyl (C=O) groups is 1. The molecule has 0 heterocycles. The van der Waals surface area contributed by atoms with E-state index in [-0.39, 0.29) is 5.82 Å². The Bertz CT molecular complexity index is 527. The van der Waals surface area contributed by atoms with Gasteiger partial charge in [-0.3, -0.25) is 0 Å². The minimum absolute atomic E-state index is 0.310. The first-order valence-electron chi connectivity index (χ1n) is 7.14. The Kier molecular flexibility index (Phi) is 6.20.